The maximum atomic E-state index is 11.2. The molecule has 2 heterocycles. The molecule has 0 spiro atoms. The molecule has 106 valence electrons. The van der Waals surface area contributed by atoms with E-state index in [9.17, 15) is 9.90 Å². The smallest absolute Gasteiger partial charge is 0.308 e. The second kappa shape index (κ2) is 5.22. The second-order valence-corrected chi connectivity index (χ2v) is 6.54. The minimum absolute atomic E-state index is 0.212. The van der Waals surface area contributed by atoms with Crippen LogP contribution >= 0.6 is 15.9 Å². The molecule has 1 aromatic heterocycles. The van der Waals surface area contributed by atoms with E-state index in [1.165, 1.54) is 10.9 Å². The van der Waals surface area contributed by atoms with Crippen LogP contribution in [0.5, 0.6) is 0 Å². The molecule has 2 N–H and O–H groups in total. The molecule has 2 aromatic rings. The van der Waals surface area contributed by atoms with E-state index in [0.29, 0.717) is 6.54 Å². The lowest BCUT2D eigenvalue weighted by Gasteiger charge is -2.14. The highest BCUT2D eigenvalue weighted by Crippen LogP contribution is 2.28. The maximum absolute atomic E-state index is 11.2. The summed E-state index contributed by atoms with van der Waals surface area (Å²) in [6.07, 6.45) is 2.02. The van der Waals surface area contributed by atoms with Crippen LogP contribution in [0.15, 0.2) is 28.9 Å². The summed E-state index contributed by atoms with van der Waals surface area (Å²) in [5.41, 5.74) is 2.34. The molecule has 20 heavy (non-hydrogen) atoms. The van der Waals surface area contributed by atoms with Gasteiger partial charge in [-0.15, -0.1) is 0 Å². The number of carboxylic acids is 1. The van der Waals surface area contributed by atoms with Crippen molar-refractivity contribution in [2.24, 2.45) is 11.8 Å². The first kappa shape index (κ1) is 13.6. The Bertz CT molecular complexity index is 652. The largest absolute Gasteiger partial charge is 0.481 e. The van der Waals surface area contributed by atoms with Crippen molar-refractivity contribution in [3.8, 4) is 0 Å². The molecule has 3 rings (SSSR count). The molecule has 0 amide bonds. The standard InChI is InChI=1S/C15H17BrN2O2/c1-9-6-18(8-13(9)15(19)20)7-10-5-17-14-3-2-11(16)4-12(10)14/h2-5,9,13,17H,6-8H2,1H3,(H,19,20). The zero-order valence-corrected chi connectivity index (χ0v) is 12.9. The number of halogens is 1. The second-order valence-electron chi connectivity index (χ2n) is 5.62. The first-order valence-corrected chi connectivity index (χ1v) is 7.54. The van der Waals surface area contributed by atoms with Crippen LogP contribution in [-0.4, -0.2) is 34.0 Å². The molecule has 5 heteroatoms. The van der Waals surface area contributed by atoms with E-state index < -0.39 is 5.97 Å². The lowest BCUT2D eigenvalue weighted by molar-refractivity contribution is -0.142. The molecular formula is C15H17BrN2O2. The summed E-state index contributed by atoms with van der Waals surface area (Å²) in [6.45, 7) is 4.30. The van der Waals surface area contributed by atoms with E-state index in [0.717, 1.165) is 23.1 Å². The minimum Gasteiger partial charge on any atom is -0.481 e. The molecule has 1 aliphatic rings. The number of benzene rings is 1. The highest BCUT2D eigenvalue weighted by molar-refractivity contribution is 9.10. The van der Waals surface area contributed by atoms with Gasteiger partial charge in [-0.1, -0.05) is 22.9 Å². The Morgan fingerprint density at radius 3 is 3.00 bits per heavy atom. The number of nitrogens with zero attached hydrogens (tertiary/aromatic N) is 1. The maximum Gasteiger partial charge on any atom is 0.308 e. The average molecular weight is 337 g/mol. The Balaban J connectivity index is 1.80. The molecule has 1 aliphatic heterocycles. The molecular weight excluding hydrogens is 320 g/mol. The summed E-state index contributed by atoms with van der Waals surface area (Å²) in [7, 11) is 0. The number of hydrogen-bond acceptors (Lipinski definition) is 2. The normalized spacial score (nSPS) is 23.5. The number of nitrogens with one attached hydrogen (secondary N) is 1. The monoisotopic (exact) mass is 336 g/mol. The van der Waals surface area contributed by atoms with Gasteiger partial charge in [0.15, 0.2) is 0 Å². The Labute approximate surface area is 125 Å². The number of hydrogen-bond donors (Lipinski definition) is 2. The van der Waals surface area contributed by atoms with Crippen LogP contribution < -0.4 is 0 Å². The summed E-state index contributed by atoms with van der Waals surface area (Å²) in [5.74, 6) is -0.710. The average Bonchev–Trinajstić information content (AvgIpc) is 2.94. The summed E-state index contributed by atoms with van der Waals surface area (Å²) >= 11 is 3.50. The topological polar surface area (TPSA) is 56.3 Å². The fourth-order valence-corrected chi connectivity index (χ4v) is 3.40. The Hall–Kier alpha value is -1.33. The molecule has 1 fully saturated rings. The van der Waals surface area contributed by atoms with Gasteiger partial charge in [-0.05, 0) is 29.7 Å². The SMILES string of the molecule is CC1CN(Cc2c[nH]c3ccc(Br)cc23)CC1C(=O)O. The first-order valence-electron chi connectivity index (χ1n) is 6.75. The molecule has 2 unspecified atom stereocenters. The van der Waals surface area contributed by atoms with Crippen LogP contribution in [0.1, 0.15) is 12.5 Å². The zero-order chi connectivity index (χ0) is 14.3. The molecule has 0 saturated carbocycles. The summed E-state index contributed by atoms with van der Waals surface area (Å²) in [4.78, 5) is 16.7. The van der Waals surface area contributed by atoms with E-state index in [1.807, 2.05) is 19.2 Å². The van der Waals surface area contributed by atoms with Gasteiger partial charge in [-0.25, -0.2) is 0 Å². The Morgan fingerprint density at radius 1 is 1.50 bits per heavy atom. The molecule has 2 atom stereocenters. The van der Waals surface area contributed by atoms with Crippen molar-refractivity contribution >= 4 is 32.8 Å². The van der Waals surface area contributed by atoms with Gasteiger partial charge in [-0.3, -0.25) is 9.69 Å². The fourth-order valence-electron chi connectivity index (χ4n) is 3.04. The molecule has 1 saturated heterocycles. The number of carboxylic acid groups (broad SMARTS) is 1. The zero-order valence-electron chi connectivity index (χ0n) is 11.3. The van der Waals surface area contributed by atoms with Crippen molar-refractivity contribution in [3.63, 3.8) is 0 Å². The highest BCUT2D eigenvalue weighted by Gasteiger charge is 2.34. The van der Waals surface area contributed by atoms with E-state index in [2.05, 4.69) is 37.9 Å². The van der Waals surface area contributed by atoms with Crippen molar-refractivity contribution < 1.29 is 9.90 Å². The quantitative estimate of drug-likeness (QED) is 0.905. The third kappa shape index (κ3) is 2.47. The van der Waals surface area contributed by atoms with Gasteiger partial charge in [0.25, 0.3) is 0 Å². The number of likely N-dealkylation sites (tertiary alicyclic amines) is 1. The van der Waals surface area contributed by atoms with Crippen LogP contribution in [0.25, 0.3) is 10.9 Å². The van der Waals surface area contributed by atoms with Crippen molar-refractivity contribution in [1.29, 1.82) is 0 Å². The number of aromatic amines is 1. The lowest BCUT2D eigenvalue weighted by Crippen LogP contribution is -2.23. The molecule has 0 radical (unpaired) electrons. The molecule has 0 bridgehead atoms. The van der Waals surface area contributed by atoms with Crippen LogP contribution in [0.4, 0.5) is 0 Å². The number of aliphatic carboxylic acids is 1. The molecule has 0 aliphatic carbocycles. The number of aromatic nitrogens is 1. The van der Waals surface area contributed by atoms with E-state index >= 15 is 0 Å². The van der Waals surface area contributed by atoms with E-state index in [1.54, 1.807) is 0 Å². The number of fused-ring (bicyclic) bond motifs is 1. The molecule has 4 nitrogen and oxygen atoms in total. The summed E-state index contributed by atoms with van der Waals surface area (Å²) in [6, 6.07) is 6.17. The van der Waals surface area contributed by atoms with Crippen LogP contribution in [0, 0.1) is 11.8 Å². The Morgan fingerprint density at radius 2 is 2.30 bits per heavy atom. The van der Waals surface area contributed by atoms with Crippen molar-refractivity contribution in [3.05, 3.63) is 34.4 Å². The van der Waals surface area contributed by atoms with Crippen molar-refractivity contribution in [2.45, 2.75) is 13.5 Å². The third-order valence-corrected chi connectivity index (χ3v) is 4.62. The van der Waals surface area contributed by atoms with Crippen LogP contribution in [0.2, 0.25) is 0 Å². The van der Waals surface area contributed by atoms with Gasteiger partial charge in [0, 0.05) is 41.2 Å². The first-order chi connectivity index (χ1) is 9.54. The lowest BCUT2D eigenvalue weighted by atomic mass is 9.99. The van der Waals surface area contributed by atoms with E-state index in [4.69, 9.17) is 0 Å². The van der Waals surface area contributed by atoms with Gasteiger partial charge in [0.1, 0.15) is 0 Å². The molecule has 1 aromatic carbocycles. The predicted molar refractivity (Wildman–Crippen MR) is 81.6 cm³/mol. The highest BCUT2D eigenvalue weighted by atomic mass is 79.9. The van der Waals surface area contributed by atoms with Gasteiger partial charge in [0.05, 0.1) is 5.92 Å². The fraction of sp³-hybridized carbons (Fsp3) is 0.400. The van der Waals surface area contributed by atoms with Gasteiger partial charge < -0.3 is 10.1 Å². The Kier molecular flexibility index (Phi) is 3.56. The summed E-state index contributed by atoms with van der Waals surface area (Å²) < 4.78 is 1.06. The minimum atomic E-state index is -0.679. The third-order valence-electron chi connectivity index (χ3n) is 4.13. The van der Waals surface area contributed by atoms with Gasteiger partial charge >= 0.3 is 5.97 Å². The van der Waals surface area contributed by atoms with Crippen molar-refractivity contribution in [1.82, 2.24) is 9.88 Å². The van der Waals surface area contributed by atoms with Gasteiger partial charge in [-0.2, -0.15) is 0 Å². The number of H-pyrrole nitrogens is 1. The number of rotatable bonds is 3. The van der Waals surface area contributed by atoms with Crippen molar-refractivity contribution in [2.75, 3.05) is 13.1 Å². The van der Waals surface area contributed by atoms with Crippen LogP contribution in [0.3, 0.4) is 0 Å². The number of carbonyl (C=O) groups is 1. The van der Waals surface area contributed by atoms with E-state index in [-0.39, 0.29) is 11.8 Å². The van der Waals surface area contributed by atoms with Gasteiger partial charge in [0.2, 0.25) is 0 Å². The summed E-state index contributed by atoms with van der Waals surface area (Å²) in [5, 5.41) is 10.4. The van der Waals surface area contributed by atoms with Crippen LogP contribution in [-0.2, 0) is 11.3 Å². The predicted octanol–water partition coefficient (Wildman–Crippen LogP) is 3.08.